The number of ether oxygens (including phenoxy) is 1. The number of hydrogen-bond donors (Lipinski definition) is 0. The van der Waals surface area contributed by atoms with Crippen LogP contribution in [-0.2, 0) is 29.5 Å². The third-order valence-corrected chi connectivity index (χ3v) is 3.50. The Hall–Kier alpha value is -1.56. The Morgan fingerprint density at radius 2 is 2.20 bits per heavy atom. The van der Waals surface area contributed by atoms with Crippen molar-refractivity contribution in [3.8, 4) is 0 Å². The molecule has 1 aromatic rings. The van der Waals surface area contributed by atoms with Crippen molar-refractivity contribution in [2.75, 3.05) is 13.2 Å². The smallest absolute Gasteiger partial charge is 0.356 e. The van der Waals surface area contributed by atoms with E-state index in [1.165, 1.54) is 4.68 Å². The van der Waals surface area contributed by atoms with E-state index in [1.807, 2.05) is 0 Å². The number of hydrogen-bond acceptors (Lipinski definition) is 4. The maximum Gasteiger partial charge on any atom is 0.356 e. The van der Waals surface area contributed by atoms with Gasteiger partial charge in [0.15, 0.2) is 5.69 Å². The van der Waals surface area contributed by atoms with Crippen LogP contribution in [0.3, 0.4) is 0 Å². The van der Waals surface area contributed by atoms with Crippen LogP contribution in [0.5, 0.6) is 0 Å². The van der Waals surface area contributed by atoms with Gasteiger partial charge in [0.25, 0.3) is 0 Å². The lowest BCUT2D eigenvalue weighted by atomic mass is 10.0. The molecule has 1 amide bonds. The second-order valence-corrected chi connectivity index (χ2v) is 5.40. The lowest BCUT2D eigenvalue weighted by molar-refractivity contribution is -0.131. The van der Waals surface area contributed by atoms with Gasteiger partial charge in [0.1, 0.15) is 5.38 Å². The number of fused-ring (bicyclic) bond motifs is 1. The molecule has 1 aliphatic heterocycles. The summed E-state index contributed by atoms with van der Waals surface area (Å²) in [7, 11) is 1.71. The highest BCUT2D eigenvalue weighted by atomic mass is 35.5. The molecule has 0 aliphatic carbocycles. The number of esters is 1. The van der Waals surface area contributed by atoms with Gasteiger partial charge in [0, 0.05) is 32.1 Å². The van der Waals surface area contributed by atoms with Gasteiger partial charge >= 0.3 is 5.97 Å². The first-order valence-corrected chi connectivity index (χ1v) is 7.04. The van der Waals surface area contributed by atoms with Crippen molar-refractivity contribution in [2.24, 2.45) is 7.05 Å². The van der Waals surface area contributed by atoms with Gasteiger partial charge in [-0.1, -0.05) is 0 Å². The summed E-state index contributed by atoms with van der Waals surface area (Å²) in [5.41, 5.74) is 2.03. The molecule has 0 N–H and O–H groups in total. The fourth-order valence-electron chi connectivity index (χ4n) is 2.40. The van der Waals surface area contributed by atoms with Crippen LogP contribution in [0.1, 0.15) is 35.6 Å². The van der Waals surface area contributed by atoms with E-state index in [-0.39, 0.29) is 5.91 Å². The summed E-state index contributed by atoms with van der Waals surface area (Å²) in [5, 5.41) is 3.77. The number of nitrogens with zero attached hydrogens (tertiary/aromatic N) is 3. The van der Waals surface area contributed by atoms with Crippen molar-refractivity contribution in [1.82, 2.24) is 14.7 Å². The second kappa shape index (κ2) is 5.83. The summed E-state index contributed by atoms with van der Waals surface area (Å²) in [6, 6.07) is 0. The zero-order valence-electron chi connectivity index (χ0n) is 11.9. The number of halogens is 1. The first-order valence-electron chi connectivity index (χ1n) is 6.60. The average molecular weight is 300 g/mol. The van der Waals surface area contributed by atoms with E-state index < -0.39 is 11.3 Å². The highest BCUT2D eigenvalue weighted by molar-refractivity contribution is 6.30. The van der Waals surface area contributed by atoms with Crippen LogP contribution in [-0.4, -0.2) is 45.1 Å². The third kappa shape index (κ3) is 2.65. The monoisotopic (exact) mass is 299 g/mol. The third-order valence-electron chi connectivity index (χ3n) is 3.32. The van der Waals surface area contributed by atoms with E-state index in [1.54, 1.807) is 25.8 Å². The van der Waals surface area contributed by atoms with Gasteiger partial charge in [-0.05, 0) is 13.8 Å². The molecule has 0 bridgehead atoms. The highest BCUT2D eigenvalue weighted by Crippen LogP contribution is 2.23. The minimum atomic E-state index is -0.570. The normalized spacial score (nSPS) is 15.7. The summed E-state index contributed by atoms with van der Waals surface area (Å²) < 4.78 is 6.58. The van der Waals surface area contributed by atoms with Crippen molar-refractivity contribution in [1.29, 1.82) is 0 Å². The average Bonchev–Trinajstić information content (AvgIpc) is 2.72. The van der Waals surface area contributed by atoms with E-state index in [0.717, 1.165) is 11.3 Å². The summed E-state index contributed by atoms with van der Waals surface area (Å²) >= 11 is 5.84. The molecule has 0 saturated heterocycles. The first-order chi connectivity index (χ1) is 9.45. The van der Waals surface area contributed by atoms with Crippen LogP contribution in [0.4, 0.5) is 0 Å². The molecule has 110 valence electrons. The molecule has 0 radical (unpaired) electrons. The molecule has 2 rings (SSSR count). The Kier molecular flexibility index (Phi) is 4.32. The Labute approximate surface area is 122 Å². The predicted octanol–water partition coefficient (Wildman–Crippen LogP) is 1.11. The predicted molar refractivity (Wildman–Crippen MR) is 73.6 cm³/mol. The van der Waals surface area contributed by atoms with Gasteiger partial charge in [-0.3, -0.25) is 9.48 Å². The zero-order valence-corrected chi connectivity index (χ0v) is 12.6. The second-order valence-electron chi connectivity index (χ2n) is 4.74. The van der Waals surface area contributed by atoms with Gasteiger partial charge in [-0.25, -0.2) is 4.79 Å². The van der Waals surface area contributed by atoms with Gasteiger partial charge in [-0.2, -0.15) is 5.10 Å². The van der Waals surface area contributed by atoms with Crippen molar-refractivity contribution in [3.05, 3.63) is 17.0 Å². The fraction of sp³-hybridized carbons (Fsp3) is 0.615. The van der Waals surface area contributed by atoms with E-state index in [0.29, 0.717) is 31.8 Å². The molecule has 1 atom stereocenters. The SMILES string of the molecule is CCOC(=O)c1c2c(nn1C)CCN(C(=O)C(C)Cl)C2. The minimum Gasteiger partial charge on any atom is -0.461 e. The molecular weight excluding hydrogens is 282 g/mol. The maximum atomic E-state index is 12.0. The lowest BCUT2D eigenvalue weighted by Gasteiger charge is -2.27. The topological polar surface area (TPSA) is 64.4 Å². The highest BCUT2D eigenvalue weighted by Gasteiger charge is 2.30. The van der Waals surface area contributed by atoms with E-state index in [2.05, 4.69) is 5.10 Å². The quantitative estimate of drug-likeness (QED) is 0.619. The first kappa shape index (κ1) is 14.8. The molecule has 2 heterocycles. The van der Waals surface area contributed by atoms with Crippen LogP contribution in [0, 0.1) is 0 Å². The summed E-state index contributed by atoms with van der Waals surface area (Å²) in [5.74, 6) is -0.534. The molecule has 0 saturated carbocycles. The standard InChI is InChI=1S/C13H18ClN3O3/c1-4-20-13(19)11-9-7-17(12(18)8(2)14)6-5-10(9)15-16(11)3/h8H,4-7H2,1-3H3. The number of amides is 1. The molecule has 1 aliphatic rings. The van der Waals surface area contributed by atoms with Crippen molar-refractivity contribution >= 4 is 23.5 Å². The lowest BCUT2D eigenvalue weighted by Crippen LogP contribution is -2.39. The molecule has 6 nitrogen and oxygen atoms in total. The van der Waals surface area contributed by atoms with Crippen molar-refractivity contribution < 1.29 is 14.3 Å². The molecule has 0 aromatic carbocycles. The number of carbonyl (C=O) groups excluding carboxylic acids is 2. The Balaban J connectivity index is 2.30. The Morgan fingerprint density at radius 3 is 2.80 bits per heavy atom. The number of aromatic nitrogens is 2. The molecular formula is C13H18ClN3O3. The molecule has 1 unspecified atom stereocenters. The van der Waals surface area contributed by atoms with Crippen LogP contribution in [0.15, 0.2) is 0 Å². The van der Waals surface area contributed by atoms with Crippen LogP contribution in [0.2, 0.25) is 0 Å². The van der Waals surface area contributed by atoms with Crippen LogP contribution in [0.25, 0.3) is 0 Å². The largest absolute Gasteiger partial charge is 0.461 e. The van der Waals surface area contributed by atoms with Gasteiger partial charge in [-0.15, -0.1) is 11.6 Å². The van der Waals surface area contributed by atoms with Crippen molar-refractivity contribution in [3.63, 3.8) is 0 Å². The van der Waals surface area contributed by atoms with E-state index >= 15 is 0 Å². The summed E-state index contributed by atoms with van der Waals surface area (Å²) in [6.45, 7) is 4.64. The van der Waals surface area contributed by atoms with Crippen LogP contribution >= 0.6 is 11.6 Å². The molecule has 1 aromatic heterocycles. The number of carbonyl (C=O) groups is 2. The molecule has 20 heavy (non-hydrogen) atoms. The minimum absolute atomic E-state index is 0.129. The van der Waals surface area contributed by atoms with Gasteiger partial charge < -0.3 is 9.64 Å². The van der Waals surface area contributed by atoms with E-state index in [4.69, 9.17) is 16.3 Å². The fourth-order valence-corrected chi connectivity index (χ4v) is 2.53. The summed E-state index contributed by atoms with van der Waals surface area (Å²) in [4.78, 5) is 25.6. The molecule has 7 heteroatoms. The number of alkyl halides is 1. The summed E-state index contributed by atoms with van der Waals surface area (Å²) in [6.07, 6.45) is 0.623. The Morgan fingerprint density at radius 1 is 1.50 bits per heavy atom. The van der Waals surface area contributed by atoms with Gasteiger partial charge in [0.05, 0.1) is 12.3 Å². The number of rotatable bonds is 3. The maximum absolute atomic E-state index is 12.0. The molecule has 0 spiro atoms. The van der Waals surface area contributed by atoms with Gasteiger partial charge in [0.2, 0.25) is 5.91 Å². The van der Waals surface area contributed by atoms with Crippen molar-refractivity contribution in [2.45, 2.75) is 32.2 Å². The zero-order chi connectivity index (χ0) is 14.9. The molecule has 0 fully saturated rings. The Bertz CT molecular complexity index is 539. The number of aryl methyl sites for hydroxylation is 1. The van der Waals surface area contributed by atoms with Crippen LogP contribution < -0.4 is 0 Å². The van der Waals surface area contributed by atoms with E-state index in [9.17, 15) is 9.59 Å².